The van der Waals surface area contributed by atoms with E-state index in [4.69, 9.17) is 0 Å². The van der Waals surface area contributed by atoms with Gasteiger partial charge in [-0.25, -0.2) is 4.98 Å². The first-order valence-corrected chi connectivity index (χ1v) is 9.97. The number of carbonyl (C=O) groups is 1. The molecule has 2 N–H and O–H groups in total. The van der Waals surface area contributed by atoms with E-state index >= 15 is 0 Å². The van der Waals surface area contributed by atoms with Crippen LogP contribution in [-0.2, 0) is 11.3 Å². The number of nitrogens with one attached hydrogen (secondary N) is 2. The molecule has 1 amide bonds. The minimum Gasteiger partial charge on any atom is -0.357 e. The maximum atomic E-state index is 11.6. The van der Waals surface area contributed by atoms with E-state index in [-0.39, 0.29) is 5.91 Å². The smallest absolute Gasteiger partial charge is 0.222 e. The molecule has 27 heavy (non-hydrogen) atoms. The van der Waals surface area contributed by atoms with Gasteiger partial charge in [-0.3, -0.25) is 9.79 Å². The fourth-order valence-electron chi connectivity index (χ4n) is 3.38. The van der Waals surface area contributed by atoms with Crippen LogP contribution in [0.25, 0.3) is 11.0 Å². The molecule has 1 aromatic carbocycles. The summed E-state index contributed by atoms with van der Waals surface area (Å²) in [4.78, 5) is 22.6. The lowest BCUT2D eigenvalue weighted by molar-refractivity contribution is -0.127. The Kier molecular flexibility index (Phi) is 7.07. The van der Waals surface area contributed by atoms with E-state index in [1.807, 2.05) is 29.4 Å². The summed E-state index contributed by atoms with van der Waals surface area (Å²) in [6.45, 7) is 7.12. The van der Waals surface area contributed by atoms with Gasteiger partial charge in [0, 0.05) is 45.7 Å². The molecule has 2 aromatic rings. The van der Waals surface area contributed by atoms with Gasteiger partial charge >= 0.3 is 0 Å². The van der Waals surface area contributed by atoms with Crippen molar-refractivity contribution in [2.24, 2.45) is 4.99 Å². The Balaban J connectivity index is 1.39. The monoisotopic (exact) mass is 370 g/mol. The molecule has 146 valence electrons. The number of carbonyl (C=O) groups excluding carboxylic acids is 1. The van der Waals surface area contributed by atoms with Crippen molar-refractivity contribution in [1.82, 2.24) is 25.1 Å². The lowest BCUT2D eigenvalue weighted by Crippen LogP contribution is -2.38. The molecule has 1 saturated heterocycles. The molecule has 0 bridgehead atoms. The maximum absolute atomic E-state index is 11.6. The fourth-order valence-corrected chi connectivity index (χ4v) is 3.38. The number of rotatable bonds is 9. The van der Waals surface area contributed by atoms with E-state index in [1.54, 1.807) is 0 Å². The van der Waals surface area contributed by atoms with Crippen LogP contribution in [0.5, 0.6) is 0 Å². The molecule has 0 saturated carbocycles. The predicted octanol–water partition coefficient (Wildman–Crippen LogP) is 1.99. The summed E-state index contributed by atoms with van der Waals surface area (Å²) in [6, 6.07) is 8.20. The number of guanidine groups is 1. The first kappa shape index (κ1) is 19.2. The highest BCUT2D eigenvalue weighted by Crippen LogP contribution is 2.12. The molecule has 0 radical (unpaired) electrons. The quantitative estimate of drug-likeness (QED) is 0.402. The first-order chi connectivity index (χ1) is 13.3. The minimum atomic E-state index is 0.288. The number of hydrogen-bond acceptors (Lipinski definition) is 3. The van der Waals surface area contributed by atoms with Gasteiger partial charge in [0.05, 0.1) is 17.4 Å². The summed E-state index contributed by atoms with van der Waals surface area (Å²) < 4.78 is 2.19. The second-order valence-electron chi connectivity index (χ2n) is 6.81. The third kappa shape index (κ3) is 5.45. The molecule has 1 aliphatic heterocycles. The number of benzene rings is 1. The van der Waals surface area contributed by atoms with Crippen LogP contribution in [0.15, 0.2) is 35.6 Å². The molecule has 3 rings (SSSR count). The van der Waals surface area contributed by atoms with Crippen LogP contribution in [0.4, 0.5) is 0 Å². The van der Waals surface area contributed by atoms with Gasteiger partial charge in [-0.2, -0.15) is 0 Å². The Hall–Kier alpha value is -2.57. The largest absolute Gasteiger partial charge is 0.357 e. The van der Waals surface area contributed by atoms with Crippen molar-refractivity contribution < 1.29 is 4.79 Å². The topological polar surface area (TPSA) is 74.6 Å². The van der Waals surface area contributed by atoms with Crippen LogP contribution in [0.3, 0.4) is 0 Å². The predicted molar refractivity (Wildman–Crippen MR) is 109 cm³/mol. The van der Waals surface area contributed by atoms with Crippen molar-refractivity contribution >= 4 is 22.9 Å². The number of fused-ring (bicyclic) bond motifs is 1. The number of aliphatic imine (C=N–C) groups is 1. The van der Waals surface area contributed by atoms with E-state index in [0.717, 1.165) is 70.0 Å². The highest BCUT2D eigenvalue weighted by atomic mass is 16.2. The number of likely N-dealkylation sites (tertiary alicyclic amines) is 1. The fraction of sp³-hybridized carbons (Fsp3) is 0.550. The summed E-state index contributed by atoms with van der Waals surface area (Å²) in [5.74, 6) is 1.14. The lowest BCUT2D eigenvalue weighted by Gasteiger charge is -2.15. The van der Waals surface area contributed by atoms with E-state index < -0.39 is 0 Å². The van der Waals surface area contributed by atoms with E-state index in [0.29, 0.717) is 6.42 Å². The van der Waals surface area contributed by atoms with Gasteiger partial charge in [0.15, 0.2) is 5.96 Å². The molecular formula is C20H30N6O. The lowest BCUT2D eigenvalue weighted by atomic mass is 10.3. The third-order valence-corrected chi connectivity index (χ3v) is 4.77. The van der Waals surface area contributed by atoms with Crippen LogP contribution in [0.1, 0.15) is 32.6 Å². The Morgan fingerprint density at radius 2 is 2.11 bits per heavy atom. The second-order valence-corrected chi connectivity index (χ2v) is 6.81. The Morgan fingerprint density at radius 3 is 2.93 bits per heavy atom. The third-order valence-electron chi connectivity index (χ3n) is 4.77. The molecule has 0 atom stereocenters. The molecule has 2 heterocycles. The summed E-state index contributed by atoms with van der Waals surface area (Å²) in [6.07, 6.45) is 5.51. The number of aromatic nitrogens is 2. The van der Waals surface area contributed by atoms with Gasteiger partial charge in [-0.15, -0.1) is 0 Å². The summed E-state index contributed by atoms with van der Waals surface area (Å²) in [5.41, 5.74) is 2.21. The average Bonchev–Trinajstić information content (AvgIpc) is 3.28. The number of hydrogen-bond donors (Lipinski definition) is 2. The number of para-hydroxylation sites is 2. The molecule has 0 spiro atoms. The molecule has 1 fully saturated rings. The number of nitrogens with zero attached hydrogens (tertiary/aromatic N) is 4. The van der Waals surface area contributed by atoms with Crippen molar-refractivity contribution in [3.63, 3.8) is 0 Å². The van der Waals surface area contributed by atoms with E-state index in [9.17, 15) is 4.79 Å². The zero-order valence-corrected chi connectivity index (χ0v) is 16.2. The van der Waals surface area contributed by atoms with Crippen LogP contribution < -0.4 is 10.6 Å². The summed E-state index contributed by atoms with van der Waals surface area (Å²) in [7, 11) is 0. The second kappa shape index (κ2) is 9.94. The molecule has 7 nitrogen and oxygen atoms in total. The van der Waals surface area contributed by atoms with E-state index in [2.05, 4.69) is 38.2 Å². The number of imidazole rings is 1. The van der Waals surface area contributed by atoms with Gasteiger partial charge < -0.3 is 20.1 Å². The van der Waals surface area contributed by atoms with Crippen LogP contribution in [0.2, 0.25) is 0 Å². The molecule has 7 heteroatoms. The van der Waals surface area contributed by atoms with Crippen molar-refractivity contribution in [2.75, 3.05) is 32.7 Å². The average molecular weight is 371 g/mol. The van der Waals surface area contributed by atoms with Crippen molar-refractivity contribution in [3.05, 3.63) is 30.6 Å². The van der Waals surface area contributed by atoms with Gasteiger partial charge in [0.1, 0.15) is 0 Å². The van der Waals surface area contributed by atoms with E-state index in [1.165, 1.54) is 5.52 Å². The number of amides is 1. The molecule has 1 aromatic heterocycles. The number of aryl methyl sites for hydroxylation is 1. The standard InChI is InChI=1S/C20H30N6O/c1-2-21-20(22-11-6-14-25-13-5-10-19(25)27)23-12-7-15-26-16-24-17-8-3-4-9-18(17)26/h3-4,8-9,16H,2,5-7,10-15H2,1H3,(H2,21,22,23). The van der Waals surface area contributed by atoms with Gasteiger partial charge in [0.2, 0.25) is 5.91 Å². The van der Waals surface area contributed by atoms with Gasteiger partial charge in [-0.05, 0) is 38.3 Å². The Morgan fingerprint density at radius 1 is 1.22 bits per heavy atom. The first-order valence-electron chi connectivity index (χ1n) is 9.97. The van der Waals surface area contributed by atoms with Crippen LogP contribution in [-0.4, -0.2) is 59.0 Å². The van der Waals surface area contributed by atoms with Crippen LogP contribution >= 0.6 is 0 Å². The van der Waals surface area contributed by atoms with Gasteiger partial charge in [-0.1, -0.05) is 12.1 Å². The minimum absolute atomic E-state index is 0.288. The van der Waals surface area contributed by atoms with Crippen molar-refractivity contribution in [1.29, 1.82) is 0 Å². The molecule has 1 aliphatic rings. The van der Waals surface area contributed by atoms with Crippen molar-refractivity contribution in [3.8, 4) is 0 Å². The SMILES string of the molecule is CCNC(=NCCCN1CCCC1=O)NCCCn1cnc2ccccc21. The summed E-state index contributed by atoms with van der Waals surface area (Å²) >= 11 is 0. The molecule has 0 unspecified atom stereocenters. The van der Waals surface area contributed by atoms with Gasteiger partial charge in [0.25, 0.3) is 0 Å². The highest BCUT2D eigenvalue weighted by Gasteiger charge is 2.18. The molecular weight excluding hydrogens is 340 g/mol. The van der Waals surface area contributed by atoms with Crippen LogP contribution in [0, 0.1) is 0 Å². The van der Waals surface area contributed by atoms with Crippen molar-refractivity contribution in [2.45, 2.75) is 39.2 Å². The Bertz CT molecular complexity index is 769. The zero-order valence-electron chi connectivity index (χ0n) is 16.2. The molecule has 0 aliphatic carbocycles. The maximum Gasteiger partial charge on any atom is 0.222 e. The zero-order chi connectivity index (χ0) is 18.9. The summed E-state index contributed by atoms with van der Waals surface area (Å²) in [5, 5.41) is 6.68. The highest BCUT2D eigenvalue weighted by molar-refractivity contribution is 5.80. The Labute approximate surface area is 160 Å². The normalized spacial score (nSPS) is 14.9.